The summed E-state index contributed by atoms with van der Waals surface area (Å²) in [6.07, 6.45) is 3.70. The number of rotatable bonds is 8. The third kappa shape index (κ3) is 5.78. The number of halogens is 2. The average Bonchev–Trinajstić information content (AvgIpc) is 3.37. The van der Waals surface area contributed by atoms with Crippen LogP contribution >= 0.6 is 46.3 Å². The average molecular weight is 551 g/mol. The molecule has 0 aliphatic heterocycles. The van der Waals surface area contributed by atoms with Crippen LogP contribution in [0.4, 0.5) is 5.00 Å². The van der Waals surface area contributed by atoms with Crippen molar-refractivity contribution in [3.05, 3.63) is 50.1 Å². The van der Waals surface area contributed by atoms with Crippen LogP contribution in [0, 0.1) is 17.2 Å². The molecule has 11 heteroatoms. The molecule has 0 saturated heterocycles. The second-order valence-electron chi connectivity index (χ2n) is 8.41. The highest BCUT2D eigenvalue weighted by Gasteiger charge is 2.26. The Hall–Kier alpha value is -2.25. The van der Waals surface area contributed by atoms with Gasteiger partial charge in [0, 0.05) is 16.9 Å². The standard InChI is InChI=1S/C24H25Cl2N5O2S2/c1-4-14-5-7-16-17(11-27)23(35-20(16)9-14)28-21(32)12-34-24-30-29-22(31(24)3)13(2)33-19-8-6-15(25)10-18(19)26/h6,8,10,13-14H,4-5,7,9,12H2,1-3H3,(H,28,32). The number of nitrogens with one attached hydrogen (secondary N) is 1. The van der Waals surface area contributed by atoms with Crippen LogP contribution in [0.5, 0.6) is 5.75 Å². The Morgan fingerprint density at radius 2 is 2.23 bits per heavy atom. The highest BCUT2D eigenvalue weighted by atomic mass is 35.5. The minimum Gasteiger partial charge on any atom is -0.481 e. The number of anilines is 1. The summed E-state index contributed by atoms with van der Waals surface area (Å²) in [6, 6.07) is 7.33. The number of benzene rings is 1. The molecule has 0 fully saturated rings. The van der Waals surface area contributed by atoms with E-state index in [2.05, 4.69) is 28.5 Å². The molecule has 0 saturated carbocycles. The number of amides is 1. The molecule has 0 bridgehead atoms. The van der Waals surface area contributed by atoms with Gasteiger partial charge in [-0.15, -0.1) is 21.5 Å². The highest BCUT2D eigenvalue weighted by Crippen LogP contribution is 2.40. The number of aromatic nitrogens is 3. The SMILES string of the molecule is CCC1CCc2c(sc(NC(=O)CSc3nnc(C(C)Oc4ccc(Cl)cc4Cl)n3C)c2C#N)C1. The van der Waals surface area contributed by atoms with Crippen LogP contribution in [0.1, 0.15) is 54.6 Å². The summed E-state index contributed by atoms with van der Waals surface area (Å²) in [5, 5.41) is 23.3. The zero-order chi connectivity index (χ0) is 25.1. The van der Waals surface area contributed by atoms with Crippen LogP contribution < -0.4 is 10.1 Å². The first-order valence-corrected chi connectivity index (χ1v) is 13.8. The summed E-state index contributed by atoms with van der Waals surface area (Å²) in [6.45, 7) is 4.05. The summed E-state index contributed by atoms with van der Waals surface area (Å²) in [7, 11) is 1.82. The number of carbonyl (C=O) groups is 1. The molecule has 1 aliphatic carbocycles. The van der Waals surface area contributed by atoms with Crippen LogP contribution in [0.3, 0.4) is 0 Å². The van der Waals surface area contributed by atoms with E-state index >= 15 is 0 Å². The Balaban J connectivity index is 1.38. The summed E-state index contributed by atoms with van der Waals surface area (Å²) < 4.78 is 7.73. The fourth-order valence-electron chi connectivity index (χ4n) is 4.12. The predicted octanol–water partition coefficient (Wildman–Crippen LogP) is 6.44. The Bertz CT molecular complexity index is 1280. The number of carbonyl (C=O) groups excluding carboxylic acids is 1. The maximum atomic E-state index is 12.7. The third-order valence-electron chi connectivity index (χ3n) is 6.07. The van der Waals surface area contributed by atoms with Crippen molar-refractivity contribution in [1.82, 2.24) is 14.8 Å². The molecule has 184 valence electrons. The first kappa shape index (κ1) is 25.8. The van der Waals surface area contributed by atoms with Gasteiger partial charge in [-0.1, -0.05) is 48.3 Å². The number of ether oxygens (including phenoxy) is 1. The molecule has 1 N–H and O–H groups in total. The van der Waals surface area contributed by atoms with E-state index in [0.29, 0.717) is 43.3 Å². The third-order valence-corrected chi connectivity index (χ3v) is 8.79. The lowest BCUT2D eigenvalue weighted by atomic mass is 9.86. The zero-order valence-corrected chi connectivity index (χ0v) is 22.7. The topological polar surface area (TPSA) is 92.8 Å². The number of nitrogens with zero attached hydrogens (tertiary/aromatic N) is 4. The second-order valence-corrected chi connectivity index (χ2v) is 11.3. The summed E-state index contributed by atoms with van der Waals surface area (Å²) in [5.74, 6) is 1.72. The molecule has 1 aliphatic rings. The minimum absolute atomic E-state index is 0.148. The molecule has 0 spiro atoms. The highest BCUT2D eigenvalue weighted by molar-refractivity contribution is 7.99. The number of fused-ring (bicyclic) bond motifs is 1. The molecular weight excluding hydrogens is 525 g/mol. The van der Waals surface area contributed by atoms with E-state index in [0.717, 1.165) is 31.2 Å². The molecule has 7 nitrogen and oxygen atoms in total. The lowest BCUT2D eigenvalue weighted by molar-refractivity contribution is -0.113. The van der Waals surface area contributed by atoms with Gasteiger partial charge in [-0.2, -0.15) is 5.26 Å². The van der Waals surface area contributed by atoms with E-state index in [-0.39, 0.29) is 11.7 Å². The van der Waals surface area contributed by atoms with Crippen molar-refractivity contribution in [3.63, 3.8) is 0 Å². The second kappa shape index (κ2) is 11.2. The fraction of sp³-hybridized carbons (Fsp3) is 0.417. The Morgan fingerprint density at radius 1 is 1.43 bits per heavy atom. The maximum absolute atomic E-state index is 12.7. The Labute approximate surface area is 222 Å². The van der Waals surface area contributed by atoms with Gasteiger partial charge < -0.3 is 14.6 Å². The molecule has 2 heterocycles. The van der Waals surface area contributed by atoms with Crippen molar-refractivity contribution in [3.8, 4) is 11.8 Å². The lowest BCUT2D eigenvalue weighted by Crippen LogP contribution is -2.15. The quantitative estimate of drug-likeness (QED) is 0.325. The smallest absolute Gasteiger partial charge is 0.235 e. The van der Waals surface area contributed by atoms with Crippen molar-refractivity contribution in [2.75, 3.05) is 11.1 Å². The minimum atomic E-state index is -0.420. The molecular formula is C24H25Cl2N5O2S2. The molecule has 1 aromatic carbocycles. The monoisotopic (exact) mass is 549 g/mol. The van der Waals surface area contributed by atoms with Gasteiger partial charge in [0.15, 0.2) is 17.1 Å². The fourth-order valence-corrected chi connectivity index (χ4v) is 6.62. The Morgan fingerprint density at radius 3 is 2.94 bits per heavy atom. The van der Waals surface area contributed by atoms with Gasteiger partial charge in [0.2, 0.25) is 5.91 Å². The predicted molar refractivity (Wildman–Crippen MR) is 141 cm³/mol. The van der Waals surface area contributed by atoms with Crippen molar-refractivity contribution in [2.24, 2.45) is 13.0 Å². The molecule has 4 rings (SSSR count). The van der Waals surface area contributed by atoms with E-state index in [4.69, 9.17) is 27.9 Å². The summed E-state index contributed by atoms with van der Waals surface area (Å²) in [5.41, 5.74) is 1.73. The van der Waals surface area contributed by atoms with Crippen molar-refractivity contribution in [1.29, 1.82) is 5.26 Å². The van der Waals surface area contributed by atoms with E-state index in [1.165, 1.54) is 28.0 Å². The largest absolute Gasteiger partial charge is 0.481 e. The Kier molecular flexibility index (Phi) is 8.27. The van der Waals surface area contributed by atoms with Gasteiger partial charge in [0.25, 0.3) is 0 Å². The van der Waals surface area contributed by atoms with Gasteiger partial charge >= 0.3 is 0 Å². The maximum Gasteiger partial charge on any atom is 0.235 e. The molecule has 2 atom stereocenters. The molecule has 35 heavy (non-hydrogen) atoms. The van der Waals surface area contributed by atoms with Crippen molar-refractivity contribution in [2.45, 2.75) is 50.8 Å². The molecule has 1 amide bonds. The van der Waals surface area contributed by atoms with Crippen LogP contribution in [0.25, 0.3) is 0 Å². The van der Waals surface area contributed by atoms with Crippen molar-refractivity contribution < 1.29 is 9.53 Å². The number of hydrogen-bond donors (Lipinski definition) is 1. The van der Waals surface area contributed by atoms with Crippen LogP contribution in [0.2, 0.25) is 10.0 Å². The van der Waals surface area contributed by atoms with Crippen LogP contribution in [-0.4, -0.2) is 26.4 Å². The normalized spacial score (nSPS) is 15.8. The summed E-state index contributed by atoms with van der Waals surface area (Å²) >= 11 is 15.0. The van der Waals surface area contributed by atoms with Gasteiger partial charge in [0.1, 0.15) is 16.8 Å². The van der Waals surface area contributed by atoms with E-state index in [1.807, 2.05) is 14.0 Å². The van der Waals surface area contributed by atoms with Gasteiger partial charge in [-0.05, 0) is 55.9 Å². The van der Waals surface area contributed by atoms with Crippen LogP contribution in [0.15, 0.2) is 23.4 Å². The molecule has 0 radical (unpaired) electrons. The lowest BCUT2D eigenvalue weighted by Gasteiger charge is -2.20. The molecule has 3 aromatic rings. The van der Waals surface area contributed by atoms with E-state index in [9.17, 15) is 10.1 Å². The van der Waals surface area contributed by atoms with Gasteiger partial charge in [-0.25, -0.2) is 0 Å². The molecule has 2 unspecified atom stereocenters. The number of hydrogen-bond acceptors (Lipinski definition) is 7. The molecule has 2 aromatic heterocycles. The number of thioether (sulfide) groups is 1. The number of nitriles is 1. The van der Waals surface area contributed by atoms with E-state index in [1.54, 1.807) is 22.8 Å². The zero-order valence-electron chi connectivity index (χ0n) is 19.6. The van der Waals surface area contributed by atoms with Crippen LogP contribution in [-0.2, 0) is 24.7 Å². The first-order valence-electron chi connectivity index (χ1n) is 11.3. The first-order chi connectivity index (χ1) is 16.8. The van der Waals surface area contributed by atoms with Gasteiger partial charge in [-0.3, -0.25) is 4.79 Å². The van der Waals surface area contributed by atoms with Gasteiger partial charge in [0.05, 0.1) is 16.3 Å². The number of thiophene rings is 1. The van der Waals surface area contributed by atoms with E-state index < -0.39 is 6.10 Å². The summed E-state index contributed by atoms with van der Waals surface area (Å²) in [4.78, 5) is 13.9. The van der Waals surface area contributed by atoms with Crippen molar-refractivity contribution >= 4 is 57.2 Å².